The van der Waals surface area contributed by atoms with E-state index in [0.717, 1.165) is 6.42 Å². The third-order valence-electron chi connectivity index (χ3n) is 5.29. The molecule has 0 aromatic rings. The Kier molecular flexibility index (Phi) is 5.87. The van der Waals surface area contributed by atoms with E-state index in [9.17, 15) is 14.7 Å². The smallest absolute Gasteiger partial charge is 0.307 e. The average Bonchev–Trinajstić information content (AvgIpc) is 2.82. The molecule has 0 radical (unpaired) electrons. The third-order valence-corrected chi connectivity index (χ3v) is 11.6. The third kappa shape index (κ3) is 3.39. The van der Waals surface area contributed by atoms with Gasteiger partial charge in [-0.2, -0.15) is 0 Å². The van der Waals surface area contributed by atoms with Crippen LogP contribution in [0.25, 0.3) is 0 Å². The Balaban J connectivity index is 3.10. The van der Waals surface area contributed by atoms with Crippen LogP contribution in [0.15, 0.2) is 0 Å². The number of hydrogen-bond donors (Lipinski definition) is 1. The van der Waals surface area contributed by atoms with Gasteiger partial charge in [0.1, 0.15) is 0 Å². The SMILES string of the molecule is CC(C)[Si](OC(=O)C1CCCC1C(=O)O)(C(C)C)C(C)(C)C. The fourth-order valence-corrected chi connectivity index (χ4v) is 10.6. The van der Waals surface area contributed by atoms with Gasteiger partial charge in [-0.25, -0.2) is 0 Å². The lowest BCUT2D eigenvalue weighted by Gasteiger charge is -2.47. The molecular weight excluding hydrogens is 296 g/mol. The summed E-state index contributed by atoms with van der Waals surface area (Å²) < 4.78 is 6.23. The summed E-state index contributed by atoms with van der Waals surface area (Å²) in [5.74, 6) is -2.17. The molecule has 1 saturated carbocycles. The molecule has 0 aliphatic heterocycles. The van der Waals surface area contributed by atoms with E-state index in [0.29, 0.717) is 23.9 Å². The number of carbonyl (C=O) groups excluding carboxylic acids is 1. The number of carboxylic acid groups (broad SMARTS) is 1. The first-order chi connectivity index (χ1) is 9.95. The molecule has 0 bridgehead atoms. The maximum atomic E-state index is 12.8. The lowest BCUT2D eigenvalue weighted by atomic mass is 9.97. The highest BCUT2D eigenvalue weighted by molar-refractivity contribution is 6.80. The van der Waals surface area contributed by atoms with Gasteiger partial charge in [0.15, 0.2) is 0 Å². The van der Waals surface area contributed by atoms with Crippen molar-refractivity contribution in [2.24, 2.45) is 11.8 Å². The Morgan fingerprint density at radius 3 is 1.86 bits per heavy atom. The van der Waals surface area contributed by atoms with Crippen molar-refractivity contribution in [3.8, 4) is 0 Å². The molecule has 22 heavy (non-hydrogen) atoms. The van der Waals surface area contributed by atoms with Crippen LogP contribution < -0.4 is 0 Å². The van der Waals surface area contributed by atoms with E-state index in [1.807, 2.05) is 0 Å². The van der Waals surface area contributed by atoms with Crippen LogP contribution >= 0.6 is 0 Å². The minimum absolute atomic E-state index is 0.0810. The lowest BCUT2D eigenvalue weighted by Crippen LogP contribution is -2.54. The summed E-state index contributed by atoms with van der Waals surface area (Å²) >= 11 is 0. The molecule has 2 unspecified atom stereocenters. The zero-order valence-electron chi connectivity index (χ0n) is 15.1. The summed E-state index contributed by atoms with van der Waals surface area (Å²) in [6.07, 6.45) is 2.02. The van der Waals surface area contributed by atoms with Gasteiger partial charge in [-0.1, -0.05) is 54.9 Å². The summed E-state index contributed by atoms with van der Waals surface area (Å²) in [7, 11) is -2.39. The highest BCUT2D eigenvalue weighted by Gasteiger charge is 2.55. The molecule has 1 aliphatic carbocycles. The van der Waals surface area contributed by atoms with Crippen LogP contribution in [0.3, 0.4) is 0 Å². The zero-order chi connectivity index (χ0) is 17.3. The molecule has 0 aromatic heterocycles. The Morgan fingerprint density at radius 1 is 1.05 bits per heavy atom. The first kappa shape index (κ1) is 19.2. The van der Waals surface area contributed by atoms with Crippen molar-refractivity contribution in [1.29, 1.82) is 0 Å². The molecule has 128 valence electrons. The molecule has 0 amide bonds. The molecule has 1 aliphatic rings. The first-order valence-corrected chi connectivity index (χ1v) is 10.5. The van der Waals surface area contributed by atoms with Crippen molar-refractivity contribution in [2.45, 2.75) is 83.8 Å². The van der Waals surface area contributed by atoms with Crippen molar-refractivity contribution in [2.75, 3.05) is 0 Å². The molecule has 0 aromatic carbocycles. The van der Waals surface area contributed by atoms with Crippen LogP contribution in [0.5, 0.6) is 0 Å². The van der Waals surface area contributed by atoms with Crippen LogP contribution in [-0.2, 0) is 14.0 Å². The van der Waals surface area contributed by atoms with Crippen molar-refractivity contribution in [3.05, 3.63) is 0 Å². The van der Waals surface area contributed by atoms with Crippen molar-refractivity contribution in [1.82, 2.24) is 0 Å². The number of hydrogen-bond acceptors (Lipinski definition) is 3. The molecule has 0 heterocycles. The highest BCUT2D eigenvalue weighted by Crippen LogP contribution is 2.51. The predicted molar refractivity (Wildman–Crippen MR) is 90.2 cm³/mol. The Bertz CT molecular complexity index is 415. The summed E-state index contributed by atoms with van der Waals surface area (Å²) in [5, 5.41) is 9.23. The quantitative estimate of drug-likeness (QED) is 0.749. The van der Waals surface area contributed by atoms with Gasteiger partial charge in [0, 0.05) is 0 Å². The normalized spacial score (nSPS) is 23.1. The lowest BCUT2D eigenvalue weighted by molar-refractivity contribution is -0.151. The highest BCUT2D eigenvalue weighted by atomic mass is 28.4. The number of carboxylic acids is 1. The van der Waals surface area contributed by atoms with Crippen LogP contribution in [0.2, 0.25) is 16.1 Å². The van der Waals surface area contributed by atoms with Gasteiger partial charge in [-0.05, 0) is 29.0 Å². The van der Waals surface area contributed by atoms with E-state index in [4.69, 9.17) is 4.43 Å². The molecule has 5 heteroatoms. The summed E-state index contributed by atoms with van der Waals surface area (Å²) in [5.41, 5.74) is 0.585. The van der Waals surface area contributed by atoms with Gasteiger partial charge >= 0.3 is 5.97 Å². The Hall–Kier alpha value is -0.843. The average molecular weight is 329 g/mol. The van der Waals surface area contributed by atoms with Gasteiger partial charge in [0.05, 0.1) is 11.8 Å². The molecule has 0 saturated heterocycles. The monoisotopic (exact) mass is 328 g/mol. The van der Waals surface area contributed by atoms with Crippen molar-refractivity contribution in [3.63, 3.8) is 0 Å². The Labute approximate surface area is 135 Å². The van der Waals surface area contributed by atoms with Crippen molar-refractivity contribution >= 4 is 20.3 Å². The van der Waals surface area contributed by atoms with E-state index >= 15 is 0 Å². The van der Waals surface area contributed by atoms with E-state index in [2.05, 4.69) is 48.5 Å². The minimum atomic E-state index is -2.39. The second-order valence-corrected chi connectivity index (χ2v) is 13.9. The van der Waals surface area contributed by atoms with Crippen LogP contribution in [0.1, 0.15) is 67.7 Å². The number of rotatable bonds is 5. The fraction of sp³-hybridized carbons (Fsp3) is 0.882. The van der Waals surface area contributed by atoms with Gasteiger partial charge in [0.25, 0.3) is 14.3 Å². The van der Waals surface area contributed by atoms with Crippen LogP contribution in [0, 0.1) is 11.8 Å². The van der Waals surface area contributed by atoms with E-state index < -0.39 is 26.1 Å². The largest absolute Gasteiger partial charge is 0.518 e. The van der Waals surface area contributed by atoms with Gasteiger partial charge in [-0.15, -0.1) is 0 Å². The Morgan fingerprint density at radius 2 is 1.50 bits per heavy atom. The van der Waals surface area contributed by atoms with Crippen molar-refractivity contribution < 1.29 is 19.1 Å². The summed E-state index contributed by atoms with van der Waals surface area (Å²) in [6, 6.07) is 0. The van der Waals surface area contributed by atoms with E-state index in [1.54, 1.807) is 0 Å². The summed E-state index contributed by atoms with van der Waals surface area (Å²) in [6.45, 7) is 15.0. The molecule has 1 fully saturated rings. The number of carbonyl (C=O) groups is 2. The van der Waals surface area contributed by atoms with E-state index in [-0.39, 0.29) is 11.0 Å². The van der Waals surface area contributed by atoms with Gasteiger partial charge in [-0.3, -0.25) is 9.59 Å². The molecule has 2 atom stereocenters. The fourth-order valence-electron chi connectivity index (χ4n) is 4.57. The second-order valence-electron chi connectivity index (χ2n) is 8.26. The standard InChI is InChI=1S/C17H32O4Si/c1-11(2)22(12(3)4,17(5,6)7)21-16(20)14-10-8-9-13(14)15(18)19/h11-14H,8-10H2,1-7H3,(H,18,19). The zero-order valence-corrected chi connectivity index (χ0v) is 16.1. The molecule has 4 nitrogen and oxygen atoms in total. The van der Waals surface area contributed by atoms with Gasteiger partial charge < -0.3 is 9.53 Å². The number of aliphatic carboxylic acids is 1. The molecule has 0 spiro atoms. The second kappa shape index (κ2) is 6.73. The van der Waals surface area contributed by atoms with Crippen LogP contribution in [-0.4, -0.2) is 25.4 Å². The minimum Gasteiger partial charge on any atom is -0.518 e. The van der Waals surface area contributed by atoms with Gasteiger partial charge in [0.2, 0.25) is 0 Å². The molecule has 1 N–H and O–H groups in total. The molecular formula is C17H32O4Si. The maximum absolute atomic E-state index is 12.8. The summed E-state index contributed by atoms with van der Waals surface area (Å²) in [4.78, 5) is 24.1. The topological polar surface area (TPSA) is 63.6 Å². The van der Waals surface area contributed by atoms with Crippen LogP contribution in [0.4, 0.5) is 0 Å². The molecule has 1 rings (SSSR count). The predicted octanol–water partition coefficient (Wildman–Crippen LogP) is 4.60. The van der Waals surface area contributed by atoms with E-state index in [1.165, 1.54) is 0 Å². The first-order valence-electron chi connectivity index (χ1n) is 8.40. The maximum Gasteiger partial charge on any atom is 0.307 e.